The van der Waals surface area contributed by atoms with E-state index in [2.05, 4.69) is 34.7 Å². The molecular formula is C21H33IN4O2. The molecule has 0 aromatic heterocycles. The van der Waals surface area contributed by atoms with Crippen LogP contribution in [0.3, 0.4) is 0 Å². The van der Waals surface area contributed by atoms with Crippen molar-refractivity contribution in [2.75, 3.05) is 26.7 Å². The van der Waals surface area contributed by atoms with Gasteiger partial charge in [-0.25, -0.2) is 0 Å². The zero-order chi connectivity index (χ0) is 19.0. The first-order valence-electron chi connectivity index (χ1n) is 10.6. The van der Waals surface area contributed by atoms with Crippen LogP contribution in [0.5, 0.6) is 0 Å². The predicted octanol–water partition coefficient (Wildman–Crippen LogP) is 2.40. The van der Waals surface area contributed by atoms with Crippen LogP contribution in [0.25, 0.3) is 0 Å². The van der Waals surface area contributed by atoms with E-state index < -0.39 is 0 Å². The van der Waals surface area contributed by atoms with E-state index in [0.29, 0.717) is 19.0 Å². The van der Waals surface area contributed by atoms with Crippen molar-refractivity contribution >= 4 is 41.8 Å². The van der Waals surface area contributed by atoms with Crippen LogP contribution < -0.4 is 10.6 Å². The summed E-state index contributed by atoms with van der Waals surface area (Å²) < 4.78 is 0. The molecule has 4 atom stereocenters. The third-order valence-corrected chi connectivity index (χ3v) is 7.11. The highest BCUT2D eigenvalue weighted by Crippen LogP contribution is 2.52. The normalized spacial score (nSPS) is 36.5. The second kappa shape index (κ2) is 9.13. The molecule has 4 unspecified atom stereocenters. The number of hydrogen-bond donors (Lipinski definition) is 2. The number of allylic oxidation sites excluding steroid dienone is 2. The van der Waals surface area contributed by atoms with E-state index in [-0.39, 0.29) is 59.5 Å². The molecular weight excluding hydrogens is 467 g/mol. The van der Waals surface area contributed by atoms with Gasteiger partial charge in [-0.1, -0.05) is 31.9 Å². The first kappa shape index (κ1) is 21.6. The number of carbonyl (C=O) groups excluding carboxylic acids is 2. The number of aliphatic imine (C=N–C) groups is 1. The molecule has 2 bridgehead atoms. The average Bonchev–Trinajstić information content (AvgIpc) is 3.35. The monoisotopic (exact) mass is 500 g/mol. The maximum atomic E-state index is 12.7. The summed E-state index contributed by atoms with van der Waals surface area (Å²) in [5.74, 6) is 2.75. The first-order chi connectivity index (χ1) is 13.1. The van der Waals surface area contributed by atoms with Gasteiger partial charge in [-0.2, -0.15) is 0 Å². The predicted molar refractivity (Wildman–Crippen MR) is 120 cm³/mol. The third-order valence-electron chi connectivity index (χ3n) is 7.11. The number of nitrogens with one attached hydrogen (secondary N) is 2. The van der Waals surface area contributed by atoms with Gasteiger partial charge >= 0.3 is 0 Å². The summed E-state index contributed by atoms with van der Waals surface area (Å²) in [5, 5.41) is 6.67. The average molecular weight is 500 g/mol. The molecule has 0 aromatic rings. The van der Waals surface area contributed by atoms with Crippen molar-refractivity contribution in [2.24, 2.45) is 40.5 Å². The quantitative estimate of drug-likeness (QED) is 0.200. The highest BCUT2D eigenvalue weighted by molar-refractivity contribution is 14.0. The Labute approximate surface area is 185 Å². The number of nitrogens with zero attached hydrogens (tertiary/aromatic N) is 2. The van der Waals surface area contributed by atoms with E-state index in [1.807, 2.05) is 0 Å². The number of hydrogen-bond acceptors (Lipinski definition) is 3. The van der Waals surface area contributed by atoms with Crippen molar-refractivity contribution in [3.8, 4) is 0 Å². The summed E-state index contributed by atoms with van der Waals surface area (Å²) in [7, 11) is 1.76. The Bertz CT molecular complexity index is 627. The maximum Gasteiger partial charge on any atom is 0.233 e. The van der Waals surface area contributed by atoms with Crippen molar-refractivity contribution < 1.29 is 9.59 Å². The lowest BCUT2D eigenvalue weighted by atomic mass is 9.83. The summed E-state index contributed by atoms with van der Waals surface area (Å²) in [4.78, 5) is 31.1. The largest absolute Gasteiger partial charge is 0.356 e. The Hall–Kier alpha value is -1.12. The highest BCUT2D eigenvalue weighted by atomic mass is 127. The van der Waals surface area contributed by atoms with E-state index in [0.717, 1.165) is 24.8 Å². The molecule has 0 aromatic carbocycles. The second-order valence-corrected chi connectivity index (χ2v) is 8.83. The molecule has 4 aliphatic rings. The van der Waals surface area contributed by atoms with Crippen LogP contribution in [0.1, 0.15) is 39.0 Å². The standard InChI is InChI=1S/C21H32N4O2.HI/c1-13-3-5-14(6-4-13)12-24-21(22-2)23-9-10-25-19(26)17-15-7-8-16(11-15)18(17)20(25)27;/h7-8,13-18H,3-6,9-12H2,1-2H3,(H2,22,23,24);1H. The molecule has 6 nitrogen and oxygen atoms in total. The molecule has 2 saturated carbocycles. The molecule has 2 N–H and O–H groups in total. The summed E-state index contributed by atoms with van der Waals surface area (Å²) in [6, 6.07) is 0. The molecule has 0 radical (unpaired) electrons. The molecule has 1 heterocycles. The van der Waals surface area contributed by atoms with Crippen molar-refractivity contribution in [3.05, 3.63) is 12.2 Å². The van der Waals surface area contributed by atoms with Gasteiger partial charge in [-0.05, 0) is 42.9 Å². The highest BCUT2D eigenvalue weighted by Gasteiger charge is 2.58. The number of likely N-dealkylation sites (tertiary alicyclic amines) is 1. The lowest BCUT2D eigenvalue weighted by Gasteiger charge is -2.27. The molecule has 156 valence electrons. The third kappa shape index (κ3) is 4.09. The zero-order valence-corrected chi connectivity index (χ0v) is 19.2. The van der Waals surface area contributed by atoms with Gasteiger partial charge in [0.2, 0.25) is 11.8 Å². The van der Waals surface area contributed by atoms with E-state index in [9.17, 15) is 9.59 Å². The fourth-order valence-corrected chi connectivity index (χ4v) is 5.47. The van der Waals surface area contributed by atoms with Crippen LogP contribution in [-0.2, 0) is 9.59 Å². The van der Waals surface area contributed by atoms with Crippen LogP contribution in [-0.4, -0.2) is 49.4 Å². The number of carbonyl (C=O) groups is 2. The van der Waals surface area contributed by atoms with Crippen LogP contribution in [0.15, 0.2) is 17.1 Å². The number of guanidine groups is 1. The lowest BCUT2D eigenvalue weighted by molar-refractivity contribution is -0.140. The minimum atomic E-state index is -0.0985. The molecule has 1 saturated heterocycles. The maximum absolute atomic E-state index is 12.7. The van der Waals surface area contributed by atoms with Gasteiger partial charge in [-0.3, -0.25) is 19.5 Å². The van der Waals surface area contributed by atoms with Crippen LogP contribution in [0.2, 0.25) is 0 Å². The molecule has 3 fully saturated rings. The van der Waals surface area contributed by atoms with Gasteiger partial charge in [0.25, 0.3) is 0 Å². The Morgan fingerprint density at radius 1 is 1.07 bits per heavy atom. The van der Waals surface area contributed by atoms with Gasteiger partial charge in [0, 0.05) is 26.7 Å². The van der Waals surface area contributed by atoms with Crippen molar-refractivity contribution in [1.29, 1.82) is 0 Å². The fourth-order valence-electron chi connectivity index (χ4n) is 5.47. The van der Waals surface area contributed by atoms with Gasteiger partial charge in [0.15, 0.2) is 5.96 Å². The molecule has 1 aliphatic heterocycles. The van der Waals surface area contributed by atoms with Crippen molar-refractivity contribution in [3.63, 3.8) is 0 Å². The van der Waals surface area contributed by atoms with E-state index in [1.165, 1.54) is 30.6 Å². The summed E-state index contributed by atoms with van der Waals surface area (Å²) >= 11 is 0. The smallest absolute Gasteiger partial charge is 0.233 e. The van der Waals surface area contributed by atoms with Gasteiger partial charge < -0.3 is 10.6 Å². The Balaban J connectivity index is 0.00000225. The summed E-state index contributed by atoms with van der Waals surface area (Å²) in [5.41, 5.74) is 0. The topological polar surface area (TPSA) is 73.8 Å². The minimum absolute atomic E-state index is 0. The van der Waals surface area contributed by atoms with E-state index in [1.54, 1.807) is 7.05 Å². The summed E-state index contributed by atoms with van der Waals surface area (Å²) in [6.07, 6.45) is 10.4. The molecule has 7 heteroatoms. The number of rotatable bonds is 5. The van der Waals surface area contributed by atoms with Crippen molar-refractivity contribution in [2.45, 2.75) is 39.0 Å². The molecule has 4 rings (SSSR count). The van der Waals surface area contributed by atoms with E-state index >= 15 is 0 Å². The van der Waals surface area contributed by atoms with Gasteiger partial charge in [0.05, 0.1) is 11.8 Å². The Kier molecular flexibility index (Phi) is 7.04. The van der Waals surface area contributed by atoms with Crippen molar-refractivity contribution in [1.82, 2.24) is 15.5 Å². The lowest BCUT2D eigenvalue weighted by Crippen LogP contribution is -2.45. The molecule has 2 amide bonds. The van der Waals surface area contributed by atoms with E-state index in [4.69, 9.17) is 0 Å². The van der Waals surface area contributed by atoms with Crippen LogP contribution in [0, 0.1) is 35.5 Å². The zero-order valence-electron chi connectivity index (χ0n) is 16.9. The number of amides is 2. The van der Waals surface area contributed by atoms with Crippen LogP contribution in [0.4, 0.5) is 0 Å². The Morgan fingerprint density at radius 3 is 2.25 bits per heavy atom. The number of fused-ring (bicyclic) bond motifs is 5. The van der Waals surface area contributed by atoms with Crippen LogP contribution >= 0.6 is 24.0 Å². The Morgan fingerprint density at radius 2 is 1.68 bits per heavy atom. The molecule has 3 aliphatic carbocycles. The molecule has 0 spiro atoms. The number of halogens is 1. The number of imide groups is 1. The minimum Gasteiger partial charge on any atom is -0.356 e. The summed E-state index contributed by atoms with van der Waals surface area (Å²) in [6.45, 7) is 4.24. The molecule has 28 heavy (non-hydrogen) atoms. The second-order valence-electron chi connectivity index (χ2n) is 8.83. The van der Waals surface area contributed by atoms with Gasteiger partial charge in [-0.15, -0.1) is 24.0 Å². The van der Waals surface area contributed by atoms with Gasteiger partial charge in [0.1, 0.15) is 0 Å². The SMILES string of the molecule is CN=C(NCCN1C(=O)C2C3C=CC(C3)C2C1=O)NCC1CCC(C)CC1.I. The fraction of sp³-hybridized carbons (Fsp3) is 0.762. The first-order valence-corrected chi connectivity index (χ1v) is 10.6.